The molecule has 21 heavy (non-hydrogen) atoms. The molecule has 0 radical (unpaired) electrons. The van der Waals surface area contributed by atoms with E-state index in [2.05, 4.69) is 48.7 Å². The molecule has 0 aliphatic carbocycles. The lowest BCUT2D eigenvalue weighted by molar-refractivity contribution is 0.179. The van der Waals surface area contributed by atoms with Crippen LogP contribution in [0.25, 0.3) is 0 Å². The fourth-order valence-electron chi connectivity index (χ4n) is 2.99. The average molecular weight is 282 g/mol. The van der Waals surface area contributed by atoms with Crippen LogP contribution in [-0.4, -0.2) is 6.10 Å². The molecule has 1 aliphatic heterocycles. The van der Waals surface area contributed by atoms with Gasteiger partial charge in [0.2, 0.25) is 0 Å². The van der Waals surface area contributed by atoms with Gasteiger partial charge in [0.05, 0.1) is 6.04 Å². The van der Waals surface area contributed by atoms with E-state index >= 15 is 0 Å². The van der Waals surface area contributed by atoms with Crippen molar-refractivity contribution in [1.82, 2.24) is 5.43 Å². The van der Waals surface area contributed by atoms with Crippen LogP contribution in [0.15, 0.2) is 48.5 Å². The quantitative estimate of drug-likeness (QED) is 0.654. The Balaban J connectivity index is 1.77. The number of aryl methyl sites for hydroxylation is 1. The summed E-state index contributed by atoms with van der Waals surface area (Å²) >= 11 is 0. The summed E-state index contributed by atoms with van der Waals surface area (Å²) in [5, 5.41) is 0. The molecule has 0 fully saturated rings. The number of nitrogens with one attached hydrogen (secondary N) is 1. The number of nitrogens with two attached hydrogens (primary N) is 1. The molecule has 0 aromatic heterocycles. The maximum Gasteiger partial charge on any atom is 0.124 e. The van der Waals surface area contributed by atoms with E-state index in [4.69, 9.17) is 10.6 Å². The topological polar surface area (TPSA) is 47.3 Å². The molecular formula is C18H22N2O. The van der Waals surface area contributed by atoms with Crippen molar-refractivity contribution in [2.24, 2.45) is 5.84 Å². The predicted octanol–water partition coefficient (Wildman–Crippen LogP) is 3.15. The van der Waals surface area contributed by atoms with Crippen LogP contribution in [0.3, 0.4) is 0 Å². The van der Waals surface area contributed by atoms with Crippen molar-refractivity contribution in [2.45, 2.75) is 38.3 Å². The summed E-state index contributed by atoms with van der Waals surface area (Å²) in [6, 6.07) is 16.9. The first-order chi connectivity index (χ1) is 10.3. The standard InChI is InChI=1S/C18H22N2O/c1-2-5-13-8-10-14(11-9-13)18(20-19)17-12-15-6-3-4-7-16(15)21-17/h3-4,6-11,17-18,20H,2,5,12,19H2,1H3. The van der Waals surface area contributed by atoms with Gasteiger partial charge in [-0.25, -0.2) is 5.43 Å². The normalized spacial score (nSPS) is 18.1. The van der Waals surface area contributed by atoms with Crippen LogP contribution < -0.4 is 16.0 Å². The Morgan fingerprint density at radius 3 is 2.62 bits per heavy atom. The van der Waals surface area contributed by atoms with Crippen molar-refractivity contribution < 1.29 is 4.74 Å². The van der Waals surface area contributed by atoms with Gasteiger partial charge in [-0.1, -0.05) is 55.8 Å². The van der Waals surface area contributed by atoms with Crippen molar-refractivity contribution >= 4 is 0 Å². The minimum absolute atomic E-state index is 0.00748. The third-order valence-electron chi connectivity index (χ3n) is 4.10. The highest BCUT2D eigenvalue weighted by Gasteiger charge is 2.30. The summed E-state index contributed by atoms with van der Waals surface area (Å²) < 4.78 is 6.05. The molecule has 0 amide bonds. The van der Waals surface area contributed by atoms with E-state index in [9.17, 15) is 0 Å². The van der Waals surface area contributed by atoms with E-state index in [1.165, 1.54) is 23.1 Å². The van der Waals surface area contributed by atoms with Crippen molar-refractivity contribution in [3.05, 3.63) is 65.2 Å². The SMILES string of the molecule is CCCc1ccc(C(NN)C2Cc3ccccc3O2)cc1. The molecule has 0 bridgehead atoms. The fraction of sp³-hybridized carbons (Fsp3) is 0.333. The van der Waals surface area contributed by atoms with Crippen LogP contribution in [0.2, 0.25) is 0 Å². The van der Waals surface area contributed by atoms with E-state index in [1.54, 1.807) is 0 Å². The Morgan fingerprint density at radius 1 is 1.19 bits per heavy atom. The monoisotopic (exact) mass is 282 g/mol. The Hall–Kier alpha value is -1.84. The number of rotatable bonds is 5. The number of hydrazine groups is 1. The number of benzene rings is 2. The van der Waals surface area contributed by atoms with Gasteiger partial charge < -0.3 is 4.74 Å². The third kappa shape index (κ3) is 2.94. The van der Waals surface area contributed by atoms with Gasteiger partial charge in [-0.15, -0.1) is 0 Å². The number of hydrogen-bond donors (Lipinski definition) is 2. The molecule has 0 saturated heterocycles. The molecule has 3 rings (SSSR count). The van der Waals surface area contributed by atoms with Gasteiger partial charge in [0.1, 0.15) is 11.9 Å². The van der Waals surface area contributed by atoms with Crippen LogP contribution in [0, 0.1) is 0 Å². The van der Waals surface area contributed by atoms with E-state index in [0.29, 0.717) is 0 Å². The predicted molar refractivity (Wildman–Crippen MR) is 85.1 cm³/mol. The molecular weight excluding hydrogens is 260 g/mol. The minimum atomic E-state index is 0.00748. The lowest BCUT2D eigenvalue weighted by Crippen LogP contribution is -2.38. The molecule has 2 aromatic carbocycles. The highest BCUT2D eigenvalue weighted by Crippen LogP contribution is 2.33. The van der Waals surface area contributed by atoms with Crippen molar-refractivity contribution in [1.29, 1.82) is 0 Å². The fourth-order valence-corrected chi connectivity index (χ4v) is 2.99. The van der Waals surface area contributed by atoms with Gasteiger partial charge >= 0.3 is 0 Å². The zero-order chi connectivity index (χ0) is 14.7. The highest BCUT2D eigenvalue weighted by molar-refractivity contribution is 5.38. The number of ether oxygens (including phenoxy) is 1. The molecule has 3 N–H and O–H groups in total. The molecule has 1 heterocycles. The van der Waals surface area contributed by atoms with Gasteiger partial charge in [-0.05, 0) is 29.2 Å². The molecule has 0 spiro atoms. The van der Waals surface area contributed by atoms with E-state index < -0.39 is 0 Å². The molecule has 2 unspecified atom stereocenters. The van der Waals surface area contributed by atoms with Crippen LogP contribution in [0.5, 0.6) is 5.75 Å². The Bertz CT molecular complexity index is 569. The maximum absolute atomic E-state index is 6.05. The first kappa shape index (κ1) is 14.1. The zero-order valence-corrected chi connectivity index (χ0v) is 12.4. The molecule has 3 heteroatoms. The molecule has 3 nitrogen and oxygen atoms in total. The van der Waals surface area contributed by atoms with Crippen molar-refractivity contribution in [3.8, 4) is 5.75 Å². The van der Waals surface area contributed by atoms with Crippen LogP contribution in [0.1, 0.15) is 36.1 Å². The summed E-state index contributed by atoms with van der Waals surface area (Å²) in [6.45, 7) is 2.20. The van der Waals surface area contributed by atoms with Gasteiger partial charge in [0.25, 0.3) is 0 Å². The van der Waals surface area contributed by atoms with Gasteiger partial charge in [0.15, 0.2) is 0 Å². The first-order valence-corrected chi connectivity index (χ1v) is 7.61. The Morgan fingerprint density at radius 2 is 1.95 bits per heavy atom. The third-order valence-corrected chi connectivity index (χ3v) is 4.10. The van der Waals surface area contributed by atoms with Crippen molar-refractivity contribution in [3.63, 3.8) is 0 Å². The highest BCUT2D eigenvalue weighted by atomic mass is 16.5. The van der Waals surface area contributed by atoms with E-state index in [1.807, 2.05) is 12.1 Å². The number of hydrogen-bond acceptors (Lipinski definition) is 3. The molecule has 2 atom stereocenters. The van der Waals surface area contributed by atoms with E-state index in [-0.39, 0.29) is 12.1 Å². The van der Waals surface area contributed by atoms with Gasteiger partial charge in [-0.2, -0.15) is 0 Å². The van der Waals surface area contributed by atoms with E-state index in [0.717, 1.165) is 18.6 Å². The molecule has 110 valence electrons. The van der Waals surface area contributed by atoms with Crippen LogP contribution >= 0.6 is 0 Å². The van der Waals surface area contributed by atoms with Crippen molar-refractivity contribution in [2.75, 3.05) is 0 Å². The summed E-state index contributed by atoms with van der Waals surface area (Å²) in [5.41, 5.74) is 6.72. The number of para-hydroxylation sites is 1. The molecule has 2 aromatic rings. The largest absolute Gasteiger partial charge is 0.488 e. The lowest BCUT2D eigenvalue weighted by Gasteiger charge is -2.23. The van der Waals surface area contributed by atoms with Crippen LogP contribution in [0.4, 0.5) is 0 Å². The Labute approximate surface area is 126 Å². The maximum atomic E-state index is 6.05. The summed E-state index contributed by atoms with van der Waals surface area (Å²) in [6.07, 6.45) is 3.22. The molecule has 1 aliphatic rings. The minimum Gasteiger partial charge on any atom is -0.488 e. The smallest absolute Gasteiger partial charge is 0.124 e. The average Bonchev–Trinajstić information content (AvgIpc) is 2.93. The first-order valence-electron chi connectivity index (χ1n) is 7.61. The molecule has 0 saturated carbocycles. The lowest BCUT2D eigenvalue weighted by atomic mass is 9.97. The van der Waals surface area contributed by atoms with Gasteiger partial charge in [-0.3, -0.25) is 5.84 Å². The number of fused-ring (bicyclic) bond motifs is 1. The second-order valence-corrected chi connectivity index (χ2v) is 5.60. The zero-order valence-electron chi connectivity index (χ0n) is 12.4. The second kappa shape index (κ2) is 6.29. The summed E-state index contributed by atoms with van der Waals surface area (Å²) in [4.78, 5) is 0. The summed E-state index contributed by atoms with van der Waals surface area (Å²) in [7, 11) is 0. The summed E-state index contributed by atoms with van der Waals surface area (Å²) in [5.74, 6) is 6.76. The van der Waals surface area contributed by atoms with Crippen LogP contribution in [-0.2, 0) is 12.8 Å². The second-order valence-electron chi connectivity index (χ2n) is 5.60. The van der Waals surface area contributed by atoms with Gasteiger partial charge in [0, 0.05) is 6.42 Å². The Kier molecular flexibility index (Phi) is 4.23.